The van der Waals surface area contributed by atoms with E-state index in [1.807, 2.05) is 20.0 Å². The Morgan fingerprint density at radius 3 is 2.80 bits per heavy atom. The number of H-pyrrole nitrogens is 1. The van der Waals surface area contributed by atoms with Crippen LogP contribution in [0.3, 0.4) is 0 Å². The Bertz CT molecular complexity index is 708. The van der Waals surface area contributed by atoms with Crippen molar-refractivity contribution in [3.63, 3.8) is 0 Å². The standard InChI is InChI=1S/C19H25FN4O/c1-13(19(25)21-16-9-10-16)24(2)11-3-4-17-12-18(23-22-17)14-5-7-15(20)8-6-14/h5-8,12-13,16H,3-4,9-11H2,1-2H3,(H,21,25)(H,22,23)/t13-/m1/s1. The van der Waals surface area contributed by atoms with Crippen molar-refractivity contribution >= 4 is 5.91 Å². The molecule has 134 valence electrons. The van der Waals surface area contributed by atoms with E-state index in [0.29, 0.717) is 6.04 Å². The Morgan fingerprint density at radius 1 is 1.40 bits per heavy atom. The van der Waals surface area contributed by atoms with Crippen molar-refractivity contribution in [1.29, 1.82) is 0 Å². The molecule has 1 saturated carbocycles. The summed E-state index contributed by atoms with van der Waals surface area (Å²) in [7, 11) is 1.98. The Hall–Kier alpha value is -2.21. The van der Waals surface area contributed by atoms with E-state index in [0.717, 1.165) is 49.2 Å². The number of likely N-dealkylation sites (N-methyl/N-ethyl adjacent to an activating group) is 1. The monoisotopic (exact) mass is 344 g/mol. The molecule has 2 aromatic rings. The summed E-state index contributed by atoms with van der Waals surface area (Å²) < 4.78 is 13.0. The Balaban J connectivity index is 1.45. The number of nitrogens with zero attached hydrogens (tertiary/aromatic N) is 2. The van der Waals surface area contributed by atoms with Crippen LogP contribution in [0.15, 0.2) is 30.3 Å². The predicted octanol–water partition coefficient (Wildman–Crippen LogP) is 2.75. The number of aromatic amines is 1. The van der Waals surface area contributed by atoms with Gasteiger partial charge in [-0.1, -0.05) is 0 Å². The lowest BCUT2D eigenvalue weighted by molar-refractivity contribution is -0.125. The number of carbonyl (C=O) groups excluding carboxylic acids is 1. The van der Waals surface area contributed by atoms with Crippen LogP contribution < -0.4 is 5.32 Å². The van der Waals surface area contributed by atoms with E-state index in [1.165, 1.54) is 12.1 Å². The van der Waals surface area contributed by atoms with Crippen LogP contribution in [0.5, 0.6) is 0 Å². The van der Waals surface area contributed by atoms with Gasteiger partial charge in [-0.3, -0.25) is 14.8 Å². The van der Waals surface area contributed by atoms with Gasteiger partial charge in [-0.15, -0.1) is 0 Å². The van der Waals surface area contributed by atoms with E-state index in [4.69, 9.17) is 0 Å². The van der Waals surface area contributed by atoms with Crippen molar-refractivity contribution in [3.05, 3.63) is 41.8 Å². The number of aryl methyl sites for hydroxylation is 1. The van der Waals surface area contributed by atoms with Crippen molar-refractivity contribution in [2.75, 3.05) is 13.6 Å². The number of aromatic nitrogens is 2. The highest BCUT2D eigenvalue weighted by Gasteiger charge is 2.26. The van der Waals surface area contributed by atoms with Crippen LogP contribution in [-0.2, 0) is 11.2 Å². The van der Waals surface area contributed by atoms with Crippen LogP contribution in [0.1, 0.15) is 31.9 Å². The van der Waals surface area contributed by atoms with Gasteiger partial charge in [0, 0.05) is 17.3 Å². The lowest BCUT2D eigenvalue weighted by Gasteiger charge is -2.23. The molecule has 0 saturated heterocycles. The summed E-state index contributed by atoms with van der Waals surface area (Å²) in [5, 5.41) is 10.4. The molecular formula is C19H25FN4O. The number of halogens is 1. The number of rotatable bonds is 8. The lowest BCUT2D eigenvalue weighted by Crippen LogP contribution is -2.44. The van der Waals surface area contributed by atoms with Gasteiger partial charge in [-0.2, -0.15) is 5.10 Å². The number of amides is 1. The first kappa shape index (κ1) is 17.6. The van der Waals surface area contributed by atoms with Gasteiger partial charge in [0.25, 0.3) is 0 Å². The van der Waals surface area contributed by atoms with Crippen LogP contribution in [0.25, 0.3) is 11.3 Å². The highest BCUT2D eigenvalue weighted by Crippen LogP contribution is 2.20. The molecule has 1 aliphatic rings. The second-order valence-electron chi connectivity index (χ2n) is 6.83. The van der Waals surface area contributed by atoms with Gasteiger partial charge >= 0.3 is 0 Å². The maximum absolute atomic E-state index is 13.0. The fourth-order valence-electron chi connectivity index (χ4n) is 2.72. The highest BCUT2D eigenvalue weighted by molar-refractivity contribution is 5.81. The zero-order chi connectivity index (χ0) is 17.8. The van der Waals surface area contributed by atoms with Gasteiger partial charge in [-0.05, 0) is 76.5 Å². The van der Waals surface area contributed by atoms with Gasteiger partial charge in [0.05, 0.1) is 11.7 Å². The molecule has 1 amide bonds. The molecule has 1 aromatic heterocycles. The second-order valence-corrected chi connectivity index (χ2v) is 6.83. The summed E-state index contributed by atoms with van der Waals surface area (Å²) in [6.07, 6.45) is 4.01. The Labute approximate surface area is 147 Å². The molecule has 3 rings (SSSR count). The molecule has 1 aromatic carbocycles. The predicted molar refractivity (Wildman–Crippen MR) is 95.6 cm³/mol. The fraction of sp³-hybridized carbons (Fsp3) is 0.474. The van der Waals surface area contributed by atoms with Crippen molar-refractivity contribution in [2.45, 2.75) is 44.7 Å². The molecule has 0 spiro atoms. The van der Waals surface area contributed by atoms with Gasteiger partial charge in [0.2, 0.25) is 5.91 Å². The number of nitrogens with one attached hydrogen (secondary N) is 2. The first-order valence-electron chi connectivity index (χ1n) is 8.84. The quantitative estimate of drug-likeness (QED) is 0.774. The van der Waals surface area contributed by atoms with Crippen LogP contribution in [0, 0.1) is 5.82 Å². The molecule has 0 unspecified atom stereocenters. The first-order valence-corrected chi connectivity index (χ1v) is 8.84. The maximum atomic E-state index is 13.0. The van der Waals surface area contributed by atoms with Crippen molar-refractivity contribution in [3.8, 4) is 11.3 Å². The summed E-state index contributed by atoms with van der Waals surface area (Å²) >= 11 is 0. The van der Waals surface area contributed by atoms with Crippen molar-refractivity contribution in [1.82, 2.24) is 20.4 Å². The Kier molecular flexibility index (Phi) is 5.48. The SMILES string of the molecule is C[C@H](C(=O)NC1CC1)N(C)CCCc1cc(-c2ccc(F)cc2)n[nH]1. The molecule has 6 heteroatoms. The van der Waals surface area contributed by atoms with Crippen LogP contribution in [-0.4, -0.2) is 46.7 Å². The lowest BCUT2D eigenvalue weighted by atomic mass is 10.1. The van der Waals surface area contributed by atoms with E-state index >= 15 is 0 Å². The second kappa shape index (κ2) is 7.78. The zero-order valence-corrected chi connectivity index (χ0v) is 14.8. The van der Waals surface area contributed by atoms with Crippen molar-refractivity contribution < 1.29 is 9.18 Å². The number of carbonyl (C=O) groups is 1. The van der Waals surface area contributed by atoms with E-state index in [1.54, 1.807) is 12.1 Å². The molecule has 1 atom stereocenters. The number of benzene rings is 1. The molecule has 5 nitrogen and oxygen atoms in total. The summed E-state index contributed by atoms with van der Waals surface area (Å²) in [6, 6.07) is 8.61. The highest BCUT2D eigenvalue weighted by atomic mass is 19.1. The van der Waals surface area contributed by atoms with E-state index in [2.05, 4.69) is 20.4 Å². The smallest absolute Gasteiger partial charge is 0.237 e. The van der Waals surface area contributed by atoms with Crippen LogP contribution in [0.2, 0.25) is 0 Å². The summed E-state index contributed by atoms with van der Waals surface area (Å²) in [5.41, 5.74) is 2.76. The average molecular weight is 344 g/mol. The molecule has 25 heavy (non-hydrogen) atoms. The third-order valence-corrected chi connectivity index (χ3v) is 4.69. The minimum absolute atomic E-state index is 0.114. The third kappa shape index (κ3) is 4.89. The summed E-state index contributed by atoms with van der Waals surface area (Å²) in [4.78, 5) is 14.1. The van der Waals surface area contributed by atoms with E-state index in [9.17, 15) is 9.18 Å². The molecule has 1 aliphatic carbocycles. The number of hydrogen-bond acceptors (Lipinski definition) is 3. The minimum atomic E-state index is -0.248. The largest absolute Gasteiger partial charge is 0.352 e. The summed E-state index contributed by atoms with van der Waals surface area (Å²) in [5.74, 6) is -0.132. The van der Waals surface area contributed by atoms with Crippen LogP contribution >= 0.6 is 0 Å². The Morgan fingerprint density at radius 2 is 2.12 bits per heavy atom. The van der Waals surface area contributed by atoms with Gasteiger partial charge in [-0.25, -0.2) is 4.39 Å². The topological polar surface area (TPSA) is 61.0 Å². The molecule has 0 radical (unpaired) electrons. The van der Waals surface area contributed by atoms with Gasteiger partial charge in [0.1, 0.15) is 5.82 Å². The van der Waals surface area contributed by atoms with Crippen molar-refractivity contribution in [2.24, 2.45) is 0 Å². The van der Waals surface area contributed by atoms with E-state index in [-0.39, 0.29) is 17.8 Å². The fourth-order valence-corrected chi connectivity index (χ4v) is 2.72. The maximum Gasteiger partial charge on any atom is 0.237 e. The first-order chi connectivity index (χ1) is 12.0. The third-order valence-electron chi connectivity index (χ3n) is 4.69. The average Bonchev–Trinajstić information content (AvgIpc) is 3.29. The van der Waals surface area contributed by atoms with Crippen LogP contribution in [0.4, 0.5) is 4.39 Å². The van der Waals surface area contributed by atoms with E-state index < -0.39 is 0 Å². The summed E-state index contributed by atoms with van der Waals surface area (Å²) in [6.45, 7) is 2.78. The molecule has 1 fully saturated rings. The number of hydrogen-bond donors (Lipinski definition) is 2. The van der Waals surface area contributed by atoms with Gasteiger partial charge in [0.15, 0.2) is 0 Å². The molecule has 1 heterocycles. The molecule has 0 aliphatic heterocycles. The molecular weight excluding hydrogens is 319 g/mol. The zero-order valence-electron chi connectivity index (χ0n) is 14.8. The van der Waals surface area contributed by atoms with Gasteiger partial charge < -0.3 is 5.32 Å². The minimum Gasteiger partial charge on any atom is -0.352 e. The normalized spacial score (nSPS) is 15.4. The molecule has 0 bridgehead atoms. The molecule has 2 N–H and O–H groups in total.